The number of aromatic nitrogens is 1. The van der Waals surface area contributed by atoms with Crippen LogP contribution in [0.3, 0.4) is 0 Å². The molecule has 0 unspecified atom stereocenters. The second kappa shape index (κ2) is 5.82. The molecule has 88 valence electrons. The minimum absolute atomic E-state index is 0.699. The van der Waals surface area contributed by atoms with Gasteiger partial charge >= 0.3 is 0 Å². The van der Waals surface area contributed by atoms with E-state index in [1.165, 1.54) is 6.42 Å². The lowest BCUT2D eigenvalue weighted by molar-refractivity contribution is 0.279. The quantitative estimate of drug-likeness (QED) is 0.822. The molecule has 1 aliphatic rings. The van der Waals surface area contributed by atoms with Crippen LogP contribution in [0.5, 0.6) is 5.88 Å². The first-order chi connectivity index (χ1) is 7.88. The number of pyridine rings is 1. The SMILES string of the molecule is COc1cccc(CN2CCCNCC2)n1. The number of ether oxygens (including phenoxy) is 1. The number of hydrogen-bond acceptors (Lipinski definition) is 4. The largest absolute Gasteiger partial charge is 0.481 e. The number of methoxy groups -OCH3 is 1. The van der Waals surface area contributed by atoms with E-state index in [1.54, 1.807) is 7.11 Å². The lowest BCUT2D eigenvalue weighted by atomic mass is 10.3. The molecule has 4 heteroatoms. The highest BCUT2D eigenvalue weighted by atomic mass is 16.5. The topological polar surface area (TPSA) is 37.4 Å². The Morgan fingerprint density at radius 1 is 1.38 bits per heavy atom. The summed E-state index contributed by atoms with van der Waals surface area (Å²) in [7, 11) is 1.65. The molecule has 1 aliphatic heterocycles. The summed E-state index contributed by atoms with van der Waals surface area (Å²) in [6.07, 6.45) is 1.21. The zero-order valence-corrected chi connectivity index (χ0v) is 9.78. The van der Waals surface area contributed by atoms with E-state index >= 15 is 0 Å². The molecule has 0 aromatic carbocycles. The third-order valence-corrected chi connectivity index (χ3v) is 2.81. The molecular weight excluding hydrogens is 202 g/mol. The molecule has 16 heavy (non-hydrogen) atoms. The van der Waals surface area contributed by atoms with Gasteiger partial charge in [0.25, 0.3) is 0 Å². The van der Waals surface area contributed by atoms with Crippen molar-refractivity contribution in [2.24, 2.45) is 0 Å². The van der Waals surface area contributed by atoms with Crippen LogP contribution in [-0.2, 0) is 6.54 Å². The van der Waals surface area contributed by atoms with Crippen molar-refractivity contribution in [1.29, 1.82) is 0 Å². The van der Waals surface area contributed by atoms with Crippen molar-refractivity contribution in [2.75, 3.05) is 33.3 Å². The standard InChI is InChI=1S/C12H19N3O/c1-16-12-5-2-4-11(14-12)10-15-8-3-6-13-7-9-15/h2,4-5,13H,3,6-10H2,1H3. The Labute approximate surface area is 96.6 Å². The Kier molecular flexibility index (Phi) is 4.13. The maximum Gasteiger partial charge on any atom is 0.213 e. The molecule has 0 amide bonds. The van der Waals surface area contributed by atoms with Crippen molar-refractivity contribution in [3.8, 4) is 5.88 Å². The van der Waals surface area contributed by atoms with Gasteiger partial charge in [-0.15, -0.1) is 0 Å². The van der Waals surface area contributed by atoms with Gasteiger partial charge in [0.05, 0.1) is 12.8 Å². The average molecular weight is 221 g/mol. The third-order valence-electron chi connectivity index (χ3n) is 2.81. The Hall–Kier alpha value is -1.13. The Balaban J connectivity index is 1.96. The van der Waals surface area contributed by atoms with E-state index in [4.69, 9.17) is 4.74 Å². The highest BCUT2D eigenvalue weighted by Gasteiger charge is 2.09. The van der Waals surface area contributed by atoms with Crippen LogP contribution >= 0.6 is 0 Å². The van der Waals surface area contributed by atoms with Crippen LogP contribution in [0.15, 0.2) is 18.2 Å². The Bertz CT molecular complexity index is 322. The zero-order chi connectivity index (χ0) is 11.2. The van der Waals surface area contributed by atoms with Crippen LogP contribution in [-0.4, -0.2) is 43.2 Å². The fraction of sp³-hybridized carbons (Fsp3) is 0.583. The van der Waals surface area contributed by atoms with Crippen molar-refractivity contribution in [3.05, 3.63) is 23.9 Å². The lowest BCUT2D eigenvalue weighted by Gasteiger charge is -2.18. The van der Waals surface area contributed by atoms with E-state index < -0.39 is 0 Å². The van der Waals surface area contributed by atoms with Crippen molar-refractivity contribution in [1.82, 2.24) is 15.2 Å². The summed E-state index contributed by atoms with van der Waals surface area (Å²) in [5.41, 5.74) is 1.08. The molecule has 1 N–H and O–H groups in total. The Morgan fingerprint density at radius 3 is 3.19 bits per heavy atom. The molecule has 0 aliphatic carbocycles. The number of nitrogens with zero attached hydrogens (tertiary/aromatic N) is 2. The first-order valence-corrected chi connectivity index (χ1v) is 5.81. The summed E-state index contributed by atoms with van der Waals surface area (Å²) in [4.78, 5) is 6.86. The van der Waals surface area contributed by atoms with E-state index in [2.05, 4.69) is 21.3 Å². The molecule has 4 nitrogen and oxygen atoms in total. The van der Waals surface area contributed by atoms with Gasteiger partial charge in [-0.1, -0.05) is 6.07 Å². The fourth-order valence-electron chi connectivity index (χ4n) is 1.95. The van der Waals surface area contributed by atoms with Crippen molar-refractivity contribution >= 4 is 0 Å². The highest BCUT2D eigenvalue weighted by molar-refractivity contribution is 5.15. The summed E-state index contributed by atoms with van der Waals surface area (Å²) in [5, 5.41) is 3.40. The number of nitrogens with one attached hydrogen (secondary N) is 1. The molecule has 1 aromatic rings. The minimum atomic E-state index is 0.699. The molecule has 0 radical (unpaired) electrons. The molecular formula is C12H19N3O. The lowest BCUT2D eigenvalue weighted by Crippen LogP contribution is -2.28. The predicted octanol–water partition coefficient (Wildman–Crippen LogP) is 0.885. The Morgan fingerprint density at radius 2 is 2.31 bits per heavy atom. The number of rotatable bonds is 3. The summed E-state index contributed by atoms with van der Waals surface area (Å²) >= 11 is 0. The zero-order valence-electron chi connectivity index (χ0n) is 9.78. The van der Waals surface area contributed by atoms with Crippen molar-refractivity contribution in [2.45, 2.75) is 13.0 Å². The summed E-state index contributed by atoms with van der Waals surface area (Å²) < 4.78 is 5.13. The summed E-state index contributed by atoms with van der Waals surface area (Å²) in [5.74, 6) is 0.699. The minimum Gasteiger partial charge on any atom is -0.481 e. The van der Waals surface area contributed by atoms with Gasteiger partial charge in [-0.25, -0.2) is 4.98 Å². The van der Waals surface area contributed by atoms with Crippen LogP contribution in [0.1, 0.15) is 12.1 Å². The van der Waals surface area contributed by atoms with Gasteiger partial charge < -0.3 is 10.1 Å². The van der Waals surface area contributed by atoms with Gasteiger partial charge in [0, 0.05) is 25.7 Å². The molecule has 1 aromatic heterocycles. The van der Waals surface area contributed by atoms with Gasteiger partial charge in [-0.3, -0.25) is 4.90 Å². The van der Waals surface area contributed by atoms with Crippen LogP contribution in [0.4, 0.5) is 0 Å². The summed E-state index contributed by atoms with van der Waals surface area (Å²) in [6.45, 7) is 5.36. The van der Waals surface area contributed by atoms with Gasteiger partial charge in [0.15, 0.2) is 0 Å². The van der Waals surface area contributed by atoms with Crippen LogP contribution < -0.4 is 10.1 Å². The van der Waals surface area contributed by atoms with Crippen LogP contribution in [0, 0.1) is 0 Å². The van der Waals surface area contributed by atoms with E-state index in [-0.39, 0.29) is 0 Å². The maximum atomic E-state index is 5.13. The van der Waals surface area contributed by atoms with E-state index in [0.717, 1.165) is 38.4 Å². The molecule has 2 heterocycles. The average Bonchev–Trinajstić information content (AvgIpc) is 2.58. The smallest absolute Gasteiger partial charge is 0.213 e. The molecule has 0 atom stereocenters. The van der Waals surface area contributed by atoms with E-state index in [1.807, 2.05) is 12.1 Å². The van der Waals surface area contributed by atoms with Gasteiger partial charge in [-0.05, 0) is 25.6 Å². The number of hydrogen-bond donors (Lipinski definition) is 1. The third kappa shape index (κ3) is 3.18. The molecule has 0 spiro atoms. The van der Waals surface area contributed by atoms with E-state index in [9.17, 15) is 0 Å². The predicted molar refractivity (Wildman–Crippen MR) is 63.6 cm³/mol. The fourth-order valence-corrected chi connectivity index (χ4v) is 1.95. The first kappa shape index (κ1) is 11.4. The summed E-state index contributed by atoms with van der Waals surface area (Å²) in [6, 6.07) is 5.94. The van der Waals surface area contributed by atoms with Crippen molar-refractivity contribution in [3.63, 3.8) is 0 Å². The maximum absolute atomic E-state index is 5.13. The monoisotopic (exact) mass is 221 g/mol. The first-order valence-electron chi connectivity index (χ1n) is 5.81. The highest BCUT2D eigenvalue weighted by Crippen LogP contribution is 2.09. The second-order valence-corrected chi connectivity index (χ2v) is 4.05. The van der Waals surface area contributed by atoms with Crippen LogP contribution in [0.25, 0.3) is 0 Å². The van der Waals surface area contributed by atoms with E-state index in [0.29, 0.717) is 5.88 Å². The molecule has 1 saturated heterocycles. The molecule has 2 rings (SSSR count). The molecule has 0 bridgehead atoms. The van der Waals surface area contributed by atoms with Gasteiger partial charge in [0.1, 0.15) is 0 Å². The van der Waals surface area contributed by atoms with Crippen molar-refractivity contribution < 1.29 is 4.74 Å². The normalized spacial score (nSPS) is 18.1. The molecule has 1 fully saturated rings. The van der Waals surface area contributed by atoms with Crippen LogP contribution in [0.2, 0.25) is 0 Å². The van der Waals surface area contributed by atoms with Gasteiger partial charge in [0.2, 0.25) is 5.88 Å². The van der Waals surface area contributed by atoms with Gasteiger partial charge in [-0.2, -0.15) is 0 Å². The molecule has 0 saturated carbocycles. The second-order valence-electron chi connectivity index (χ2n) is 4.05.